The molecule has 0 aromatic carbocycles. The van der Waals surface area contributed by atoms with Gasteiger partial charge in [0.1, 0.15) is 6.26 Å². The van der Waals surface area contributed by atoms with Crippen molar-refractivity contribution in [3.8, 4) is 0 Å². The zero-order valence-corrected chi connectivity index (χ0v) is 13.8. The highest BCUT2D eigenvalue weighted by Gasteiger charge is 2.61. The summed E-state index contributed by atoms with van der Waals surface area (Å²) in [6.45, 7) is 1.29. The van der Waals surface area contributed by atoms with Crippen LogP contribution in [-0.2, 0) is 4.79 Å². The molecule has 2 saturated heterocycles. The van der Waals surface area contributed by atoms with Crippen LogP contribution in [0.25, 0.3) is 0 Å². The van der Waals surface area contributed by atoms with Crippen LogP contribution in [0.4, 0.5) is 0 Å². The predicted molar refractivity (Wildman–Crippen MR) is 86.3 cm³/mol. The number of likely N-dealkylation sites (tertiary alicyclic amines) is 2. The Labute approximate surface area is 141 Å². The van der Waals surface area contributed by atoms with Gasteiger partial charge in [-0.25, -0.2) is 0 Å². The number of hydrogen-bond acceptors (Lipinski definition) is 4. The number of rotatable bonds is 2. The van der Waals surface area contributed by atoms with Crippen LogP contribution in [0.1, 0.15) is 55.3 Å². The molecule has 1 unspecified atom stereocenters. The Kier molecular flexibility index (Phi) is 3.87. The lowest BCUT2D eigenvalue weighted by molar-refractivity contribution is -0.200. The fourth-order valence-corrected chi connectivity index (χ4v) is 4.76. The minimum Gasteiger partial charge on any atom is -0.472 e. The molecular weight excluding hydrogens is 308 g/mol. The van der Waals surface area contributed by atoms with E-state index in [0.29, 0.717) is 18.7 Å². The van der Waals surface area contributed by atoms with Crippen LogP contribution in [0.2, 0.25) is 0 Å². The van der Waals surface area contributed by atoms with Gasteiger partial charge in [0.2, 0.25) is 0 Å². The molecule has 1 aliphatic carbocycles. The molecule has 4 rings (SSSR count). The highest BCUT2D eigenvalue weighted by molar-refractivity contribution is 5.94. The number of piperidine rings is 1. The molecular formula is C18H24N2O4. The van der Waals surface area contributed by atoms with Crippen molar-refractivity contribution in [2.45, 2.75) is 62.6 Å². The zero-order valence-electron chi connectivity index (χ0n) is 13.8. The number of aliphatic hydroxyl groups is 1. The van der Waals surface area contributed by atoms with Gasteiger partial charge < -0.3 is 19.3 Å². The van der Waals surface area contributed by atoms with Crippen LogP contribution in [0.15, 0.2) is 23.0 Å². The molecule has 1 atom stereocenters. The van der Waals surface area contributed by atoms with Crippen molar-refractivity contribution in [1.29, 1.82) is 0 Å². The number of β-lactam (4-membered cyclic amide) rings is 1. The minimum atomic E-state index is -0.816. The van der Waals surface area contributed by atoms with Crippen molar-refractivity contribution < 1.29 is 19.1 Å². The van der Waals surface area contributed by atoms with Gasteiger partial charge in [-0.2, -0.15) is 0 Å². The van der Waals surface area contributed by atoms with E-state index in [4.69, 9.17) is 4.42 Å². The fraction of sp³-hybridized carbons (Fsp3) is 0.667. The van der Waals surface area contributed by atoms with Gasteiger partial charge in [0.25, 0.3) is 11.8 Å². The van der Waals surface area contributed by atoms with Crippen LogP contribution in [0.5, 0.6) is 0 Å². The Morgan fingerprint density at radius 3 is 2.54 bits per heavy atom. The first-order chi connectivity index (χ1) is 11.6. The molecule has 130 valence electrons. The molecule has 1 aromatic heterocycles. The third-order valence-corrected chi connectivity index (χ3v) is 6.06. The number of hydrogen-bond donors (Lipinski definition) is 1. The lowest BCUT2D eigenvalue weighted by Crippen LogP contribution is -2.77. The first-order valence-corrected chi connectivity index (χ1v) is 8.96. The van der Waals surface area contributed by atoms with Crippen molar-refractivity contribution in [3.05, 3.63) is 24.2 Å². The third kappa shape index (κ3) is 2.27. The highest BCUT2D eigenvalue weighted by atomic mass is 16.3. The molecule has 6 nitrogen and oxygen atoms in total. The quantitative estimate of drug-likeness (QED) is 0.838. The Bertz CT molecular complexity index is 613. The summed E-state index contributed by atoms with van der Waals surface area (Å²) in [5, 5.41) is 10.3. The summed E-state index contributed by atoms with van der Waals surface area (Å²) < 4.78 is 4.99. The molecule has 1 saturated carbocycles. The predicted octanol–water partition coefficient (Wildman–Crippen LogP) is 1.79. The second kappa shape index (κ2) is 5.92. The molecule has 3 fully saturated rings. The summed E-state index contributed by atoms with van der Waals surface area (Å²) in [5.41, 5.74) is 0.254. The summed E-state index contributed by atoms with van der Waals surface area (Å²) >= 11 is 0. The van der Waals surface area contributed by atoms with Crippen molar-refractivity contribution in [2.75, 3.05) is 13.1 Å². The Balaban J connectivity index is 1.42. The van der Waals surface area contributed by atoms with Crippen molar-refractivity contribution in [3.63, 3.8) is 0 Å². The van der Waals surface area contributed by atoms with E-state index in [1.807, 2.05) is 9.80 Å². The van der Waals surface area contributed by atoms with E-state index in [9.17, 15) is 14.7 Å². The van der Waals surface area contributed by atoms with Crippen LogP contribution < -0.4 is 0 Å². The van der Waals surface area contributed by atoms with E-state index in [1.54, 1.807) is 6.07 Å². The topological polar surface area (TPSA) is 74.0 Å². The van der Waals surface area contributed by atoms with E-state index in [-0.39, 0.29) is 23.4 Å². The SMILES string of the molecule is O=C(c1ccoc1)N1CCC(N2C(=O)C(O)C23CCCCC3)CC1. The number of furan rings is 1. The van der Waals surface area contributed by atoms with Crippen LogP contribution in [0, 0.1) is 0 Å². The maximum absolute atomic E-state index is 12.4. The van der Waals surface area contributed by atoms with E-state index >= 15 is 0 Å². The maximum atomic E-state index is 12.4. The van der Waals surface area contributed by atoms with Gasteiger partial charge in [-0.1, -0.05) is 19.3 Å². The van der Waals surface area contributed by atoms with Gasteiger partial charge in [-0.15, -0.1) is 0 Å². The average molecular weight is 332 g/mol. The summed E-state index contributed by atoms with van der Waals surface area (Å²) in [6, 6.07) is 1.83. The first kappa shape index (κ1) is 15.7. The molecule has 3 aliphatic rings. The lowest BCUT2D eigenvalue weighted by Gasteiger charge is -2.61. The van der Waals surface area contributed by atoms with Gasteiger partial charge >= 0.3 is 0 Å². The van der Waals surface area contributed by atoms with Crippen LogP contribution >= 0.6 is 0 Å². The van der Waals surface area contributed by atoms with Crippen LogP contribution in [0.3, 0.4) is 0 Å². The smallest absolute Gasteiger partial charge is 0.257 e. The van der Waals surface area contributed by atoms with E-state index in [2.05, 4.69) is 0 Å². The number of amides is 2. The van der Waals surface area contributed by atoms with Gasteiger partial charge in [-0.3, -0.25) is 9.59 Å². The summed E-state index contributed by atoms with van der Waals surface area (Å²) in [4.78, 5) is 28.5. The van der Waals surface area contributed by atoms with E-state index in [1.165, 1.54) is 18.9 Å². The Morgan fingerprint density at radius 2 is 1.92 bits per heavy atom. The van der Waals surface area contributed by atoms with Crippen molar-refractivity contribution >= 4 is 11.8 Å². The number of carbonyl (C=O) groups excluding carboxylic acids is 2. The normalized spacial score (nSPS) is 27.4. The molecule has 0 bridgehead atoms. The molecule has 6 heteroatoms. The first-order valence-electron chi connectivity index (χ1n) is 8.96. The molecule has 1 aromatic rings. The van der Waals surface area contributed by atoms with E-state index < -0.39 is 6.10 Å². The monoisotopic (exact) mass is 332 g/mol. The van der Waals surface area contributed by atoms with Gasteiger partial charge in [-0.05, 0) is 31.7 Å². The summed E-state index contributed by atoms with van der Waals surface area (Å²) in [7, 11) is 0. The molecule has 2 amide bonds. The second-order valence-electron chi connectivity index (χ2n) is 7.31. The molecule has 1 N–H and O–H groups in total. The van der Waals surface area contributed by atoms with Crippen molar-refractivity contribution in [1.82, 2.24) is 9.80 Å². The standard InChI is InChI=1S/C18H24N2O4/c21-15-17(23)20(18(15)7-2-1-3-8-18)14-4-9-19(10-5-14)16(22)13-6-11-24-12-13/h6,11-12,14-15,21H,1-5,7-10H2. The minimum absolute atomic E-state index is 0.00968. The van der Waals surface area contributed by atoms with Gasteiger partial charge in [0, 0.05) is 19.1 Å². The zero-order chi connectivity index (χ0) is 16.7. The summed E-state index contributed by atoms with van der Waals surface area (Å²) in [6.07, 6.45) is 8.90. The Hall–Kier alpha value is -1.82. The molecule has 2 aliphatic heterocycles. The molecule has 24 heavy (non-hydrogen) atoms. The fourth-order valence-electron chi connectivity index (χ4n) is 4.76. The summed E-state index contributed by atoms with van der Waals surface area (Å²) in [5.74, 6) is -0.124. The second-order valence-corrected chi connectivity index (χ2v) is 7.31. The van der Waals surface area contributed by atoms with Crippen molar-refractivity contribution in [2.24, 2.45) is 0 Å². The molecule has 3 heterocycles. The van der Waals surface area contributed by atoms with Gasteiger partial charge in [0.15, 0.2) is 6.10 Å². The number of aliphatic hydroxyl groups excluding tert-OH is 1. The van der Waals surface area contributed by atoms with Crippen LogP contribution in [-0.4, -0.2) is 57.5 Å². The van der Waals surface area contributed by atoms with E-state index in [0.717, 1.165) is 38.5 Å². The number of nitrogens with zero attached hydrogens (tertiary/aromatic N) is 2. The largest absolute Gasteiger partial charge is 0.472 e. The third-order valence-electron chi connectivity index (χ3n) is 6.06. The molecule has 0 radical (unpaired) electrons. The lowest BCUT2D eigenvalue weighted by atomic mass is 9.68. The maximum Gasteiger partial charge on any atom is 0.257 e. The average Bonchev–Trinajstić information content (AvgIpc) is 3.17. The molecule has 1 spiro atoms. The number of carbonyl (C=O) groups is 2. The van der Waals surface area contributed by atoms with Gasteiger partial charge in [0.05, 0.1) is 17.4 Å². The Morgan fingerprint density at radius 1 is 1.21 bits per heavy atom. The highest BCUT2D eigenvalue weighted by Crippen LogP contribution is 2.46.